The van der Waals surface area contributed by atoms with Gasteiger partial charge in [-0.15, -0.1) is 0 Å². The van der Waals surface area contributed by atoms with Gasteiger partial charge in [0, 0.05) is 31.5 Å². The maximum Gasteiger partial charge on any atom is 0.232 e. The molecule has 0 bridgehead atoms. The van der Waals surface area contributed by atoms with Crippen LogP contribution in [0.5, 0.6) is 5.88 Å². The van der Waals surface area contributed by atoms with Crippen LogP contribution in [0, 0.1) is 11.3 Å². The topological polar surface area (TPSA) is 47.5 Å². The fourth-order valence-electron chi connectivity index (χ4n) is 4.11. The first kappa shape index (κ1) is 16.9. The molecule has 0 amide bonds. The molecule has 0 unspecified atom stereocenters. The van der Waals surface area contributed by atoms with E-state index >= 15 is 0 Å². The highest BCUT2D eigenvalue weighted by molar-refractivity contribution is 7.07. The molecule has 0 aliphatic carbocycles. The molecule has 1 atom stereocenters. The molecule has 0 saturated carbocycles. The van der Waals surface area contributed by atoms with Crippen molar-refractivity contribution in [3.63, 3.8) is 0 Å². The van der Waals surface area contributed by atoms with E-state index in [0.717, 1.165) is 39.3 Å². The van der Waals surface area contributed by atoms with E-state index in [0.29, 0.717) is 23.8 Å². The van der Waals surface area contributed by atoms with E-state index in [4.69, 9.17) is 9.47 Å². The fraction of sp³-hybridized carbons (Fsp3) is 0.579. The Morgan fingerprint density at radius 1 is 1.28 bits per heavy atom. The smallest absolute Gasteiger partial charge is 0.232 e. The highest BCUT2D eigenvalue weighted by Crippen LogP contribution is 2.45. The number of likely N-dealkylation sites (tertiary alicyclic amines) is 1. The Morgan fingerprint density at radius 2 is 2.20 bits per heavy atom. The second kappa shape index (κ2) is 7.81. The van der Waals surface area contributed by atoms with Crippen LogP contribution in [0.2, 0.25) is 0 Å². The van der Waals surface area contributed by atoms with E-state index in [-0.39, 0.29) is 0 Å². The Labute approximate surface area is 153 Å². The van der Waals surface area contributed by atoms with Crippen molar-refractivity contribution in [2.24, 2.45) is 11.3 Å². The normalized spacial score (nSPS) is 23.6. The number of aromatic nitrogens is 2. The zero-order valence-electron chi connectivity index (χ0n) is 14.5. The predicted octanol–water partition coefficient (Wildman–Crippen LogP) is 3.24. The van der Waals surface area contributed by atoms with Crippen LogP contribution in [0.15, 0.2) is 35.4 Å². The van der Waals surface area contributed by atoms with Gasteiger partial charge in [-0.05, 0) is 60.2 Å². The molecule has 2 saturated heterocycles. The monoisotopic (exact) mass is 359 g/mol. The van der Waals surface area contributed by atoms with Crippen molar-refractivity contribution in [3.8, 4) is 5.88 Å². The van der Waals surface area contributed by atoms with Crippen molar-refractivity contribution < 1.29 is 9.47 Å². The number of ether oxygens (including phenoxy) is 2. The van der Waals surface area contributed by atoms with Crippen LogP contribution in [0.4, 0.5) is 0 Å². The summed E-state index contributed by atoms with van der Waals surface area (Å²) >= 11 is 1.78. The number of rotatable bonds is 5. The largest absolute Gasteiger partial charge is 0.476 e. The minimum absolute atomic E-state index is 0.353. The summed E-state index contributed by atoms with van der Waals surface area (Å²) < 4.78 is 11.7. The van der Waals surface area contributed by atoms with Gasteiger partial charge in [0.2, 0.25) is 5.88 Å². The van der Waals surface area contributed by atoms with Crippen LogP contribution < -0.4 is 4.74 Å². The van der Waals surface area contributed by atoms with Gasteiger partial charge in [0.25, 0.3) is 0 Å². The van der Waals surface area contributed by atoms with Crippen molar-refractivity contribution >= 4 is 11.3 Å². The molecule has 2 aromatic heterocycles. The van der Waals surface area contributed by atoms with Crippen LogP contribution >= 0.6 is 11.3 Å². The molecular formula is C19H25N3O2S. The third-order valence-corrected chi connectivity index (χ3v) is 6.47. The quantitative estimate of drug-likeness (QED) is 0.820. The number of thiophene rings is 1. The molecule has 0 radical (unpaired) electrons. The molecule has 2 aromatic rings. The molecule has 2 fully saturated rings. The summed E-state index contributed by atoms with van der Waals surface area (Å²) in [4.78, 5) is 10.9. The van der Waals surface area contributed by atoms with Gasteiger partial charge in [0.15, 0.2) is 0 Å². The Morgan fingerprint density at radius 3 is 2.96 bits per heavy atom. The predicted molar refractivity (Wildman–Crippen MR) is 97.7 cm³/mol. The number of nitrogens with zero attached hydrogens (tertiary/aromatic N) is 3. The van der Waals surface area contributed by atoms with E-state index in [1.165, 1.54) is 18.4 Å². The number of hydrogen-bond acceptors (Lipinski definition) is 6. The maximum atomic E-state index is 5.92. The Kier molecular flexibility index (Phi) is 5.29. The zero-order chi connectivity index (χ0) is 17.0. The van der Waals surface area contributed by atoms with Crippen LogP contribution in [0.25, 0.3) is 0 Å². The standard InChI is InChI=1S/C19H25N3O2S/c1-10-25-15-16(1)12-22-7-2-19(3-8-22)4-9-23-13-17(19)14-24-18-11-20-5-6-21-18/h1,5-6,10-11,15,17H,2-4,7-9,12-14H2/t17-/m0/s1. The molecule has 5 nitrogen and oxygen atoms in total. The minimum atomic E-state index is 0.353. The summed E-state index contributed by atoms with van der Waals surface area (Å²) in [6.45, 7) is 5.76. The van der Waals surface area contributed by atoms with Crippen molar-refractivity contribution in [3.05, 3.63) is 41.0 Å². The van der Waals surface area contributed by atoms with Crippen LogP contribution in [0.1, 0.15) is 24.8 Å². The van der Waals surface area contributed by atoms with Crippen molar-refractivity contribution in [1.82, 2.24) is 14.9 Å². The van der Waals surface area contributed by atoms with Gasteiger partial charge in [-0.3, -0.25) is 9.88 Å². The molecule has 1 spiro atoms. The molecule has 6 heteroatoms. The summed E-state index contributed by atoms with van der Waals surface area (Å²) in [6.07, 6.45) is 8.63. The summed E-state index contributed by atoms with van der Waals surface area (Å²) in [5.41, 5.74) is 1.79. The highest BCUT2D eigenvalue weighted by atomic mass is 32.1. The van der Waals surface area contributed by atoms with Crippen LogP contribution in [-0.2, 0) is 11.3 Å². The van der Waals surface area contributed by atoms with Crippen LogP contribution in [-0.4, -0.2) is 47.8 Å². The summed E-state index contributed by atoms with van der Waals surface area (Å²) in [5, 5.41) is 4.43. The Hall–Kier alpha value is -1.50. The summed E-state index contributed by atoms with van der Waals surface area (Å²) in [6, 6.07) is 2.24. The minimum Gasteiger partial charge on any atom is -0.476 e. The molecule has 134 valence electrons. The second-order valence-electron chi connectivity index (χ2n) is 7.15. The molecule has 4 heterocycles. The van der Waals surface area contributed by atoms with E-state index in [2.05, 4.69) is 31.7 Å². The van der Waals surface area contributed by atoms with Gasteiger partial charge < -0.3 is 9.47 Å². The van der Waals surface area contributed by atoms with E-state index < -0.39 is 0 Å². The van der Waals surface area contributed by atoms with Gasteiger partial charge in [-0.25, -0.2) is 4.98 Å². The van der Waals surface area contributed by atoms with Gasteiger partial charge >= 0.3 is 0 Å². The zero-order valence-corrected chi connectivity index (χ0v) is 15.3. The first-order chi connectivity index (χ1) is 12.3. The molecule has 2 aliphatic heterocycles. The van der Waals surface area contributed by atoms with Crippen molar-refractivity contribution in [2.45, 2.75) is 25.8 Å². The lowest BCUT2D eigenvalue weighted by atomic mass is 9.66. The summed E-state index contributed by atoms with van der Waals surface area (Å²) in [5.74, 6) is 1.05. The van der Waals surface area contributed by atoms with Gasteiger partial charge in [-0.1, -0.05) is 0 Å². The SMILES string of the molecule is c1cnc(OC[C@@H]2COCCC23CCN(Cc2ccsc2)CC3)cn1. The molecule has 2 aliphatic rings. The second-order valence-corrected chi connectivity index (χ2v) is 7.93. The average Bonchev–Trinajstić information content (AvgIpc) is 3.17. The average molecular weight is 359 g/mol. The molecule has 25 heavy (non-hydrogen) atoms. The number of hydrogen-bond donors (Lipinski definition) is 0. The fourth-order valence-corrected chi connectivity index (χ4v) is 4.77. The Bertz CT molecular complexity index is 642. The van der Waals surface area contributed by atoms with Gasteiger partial charge in [0.05, 0.1) is 19.4 Å². The maximum absolute atomic E-state index is 5.92. The molecule has 0 aromatic carbocycles. The van der Waals surface area contributed by atoms with Gasteiger partial charge in [0.1, 0.15) is 0 Å². The lowest BCUT2D eigenvalue weighted by molar-refractivity contribution is -0.0867. The van der Waals surface area contributed by atoms with E-state index in [1.807, 2.05) is 0 Å². The molecule has 0 N–H and O–H groups in total. The first-order valence-electron chi connectivity index (χ1n) is 9.04. The Balaban J connectivity index is 1.35. The third kappa shape index (κ3) is 4.02. The van der Waals surface area contributed by atoms with Crippen molar-refractivity contribution in [1.29, 1.82) is 0 Å². The molecule has 4 rings (SSSR count). The number of piperidine rings is 1. The first-order valence-corrected chi connectivity index (χ1v) is 9.98. The van der Waals surface area contributed by atoms with Crippen LogP contribution in [0.3, 0.4) is 0 Å². The van der Waals surface area contributed by atoms with Gasteiger partial charge in [-0.2, -0.15) is 11.3 Å². The lowest BCUT2D eigenvalue weighted by Gasteiger charge is -2.48. The van der Waals surface area contributed by atoms with E-state index in [1.54, 1.807) is 29.9 Å². The highest BCUT2D eigenvalue weighted by Gasteiger charge is 2.43. The van der Waals surface area contributed by atoms with Crippen molar-refractivity contribution in [2.75, 3.05) is 32.9 Å². The van der Waals surface area contributed by atoms with E-state index in [9.17, 15) is 0 Å². The summed E-state index contributed by atoms with van der Waals surface area (Å²) in [7, 11) is 0. The molecular weight excluding hydrogens is 334 g/mol. The lowest BCUT2D eigenvalue weighted by Crippen LogP contribution is -2.49. The third-order valence-electron chi connectivity index (χ3n) is 5.74.